The van der Waals surface area contributed by atoms with Crippen molar-refractivity contribution in [3.63, 3.8) is 0 Å². The van der Waals surface area contributed by atoms with Crippen LogP contribution in [0.5, 0.6) is 5.75 Å². The lowest BCUT2D eigenvalue weighted by Gasteiger charge is -2.00. The summed E-state index contributed by atoms with van der Waals surface area (Å²) in [6, 6.07) is 5.71. The number of H-pyrrole nitrogens is 1. The summed E-state index contributed by atoms with van der Waals surface area (Å²) in [4.78, 5) is 18.8. The fraction of sp³-hybridized carbons (Fsp3) is 0.167. The van der Waals surface area contributed by atoms with Crippen LogP contribution < -0.4 is 4.74 Å². The van der Waals surface area contributed by atoms with Crippen LogP contribution >= 0.6 is 0 Å². The third-order valence-corrected chi connectivity index (χ3v) is 2.77. The van der Waals surface area contributed by atoms with Crippen LogP contribution in [-0.2, 0) is 9.63 Å². The van der Waals surface area contributed by atoms with Gasteiger partial charge in [0.25, 0.3) is 0 Å². The Balaban J connectivity index is 2.13. The quantitative estimate of drug-likeness (QED) is 0.800. The average Bonchev–Trinajstić information content (AvgIpc) is 2.93. The van der Waals surface area contributed by atoms with Crippen molar-refractivity contribution in [3.8, 4) is 5.75 Å². The molecule has 0 atom stereocenters. The standard InChI is InChI=1S/C12H10N2O3/c1-16-7-2-3-10-8(4-7)9(6-13-10)11-5-12(15)17-14-11/h2-4,6,13H,5H2,1H3. The van der Waals surface area contributed by atoms with E-state index in [4.69, 9.17) is 4.74 Å². The molecule has 1 aromatic carbocycles. The number of nitrogens with zero attached hydrogens (tertiary/aromatic N) is 1. The Morgan fingerprint density at radius 1 is 1.47 bits per heavy atom. The molecule has 1 aliphatic rings. The van der Waals surface area contributed by atoms with Crippen LogP contribution in [0.1, 0.15) is 12.0 Å². The monoisotopic (exact) mass is 230 g/mol. The Kier molecular flexibility index (Phi) is 2.11. The normalized spacial score (nSPS) is 14.9. The van der Waals surface area contributed by atoms with E-state index in [-0.39, 0.29) is 12.4 Å². The van der Waals surface area contributed by atoms with Gasteiger partial charge >= 0.3 is 5.97 Å². The first-order valence-electron chi connectivity index (χ1n) is 5.20. The Morgan fingerprint density at radius 2 is 2.35 bits per heavy atom. The number of carbonyl (C=O) groups excluding carboxylic acids is 1. The number of carbonyl (C=O) groups is 1. The van der Waals surface area contributed by atoms with Crippen LogP contribution in [-0.4, -0.2) is 23.8 Å². The third-order valence-electron chi connectivity index (χ3n) is 2.77. The van der Waals surface area contributed by atoms with Gasteiger partial charge in [-0.3, -0.25) is 0 Å². The van der Waals surface area contributed by atoms with Gasteiger partial charge in [-0.1, -0.05) is 5.16 Å². The fourth-order valence-electron chi connectivity index (χ4n) is 1.92. The molecule has 5 nitrogen and oxygen atoms in total. The summed E-state index contributed by atoms with van der Waals surface area (Å²) in [5.74, 6) is 0.446. The molecule has 0 radical (unpaired) electrons. The first kappa shape index (κ1) is 9.89. The minimum absolute atomic E-state index is 0.212. The summed E-state index contributed by atoms with van der Waals surface area (Å²) in [6.07, 6.45) is 2.04. The van der Waals surface area contributed by atoms with Gasteiger partial charge in [-0.25, -0.2) is 4.79 Å². The molecule has 1 aliphatic heterocycles. The molecule has 0 unspecified atom stereocenters. The highest BCUT2D eigenvalue weighted by Crippen LogP contribution is 2.26. The van der Waals surface area contributed by atoms with Gasteiger partial charge in [0.2, 0.25) is 0 Å². The third kappa shape index (κ3) is 1.56. The molecule has 1 aromatic heterocycles. The molecule has 2 aromatic rings. The van der Waals surface area contributed by atoms with Crippen molar-refractivity contribution in [1.29, 1.82) is 0 Å². The highest BCUT2D eigenvalue weighted by atomic mass is 16.7. The molecule has 1 N–H and O–H groups in total. The van der Waals surface area contributed by atoms with E-state index in [0.29, 0.717) is 5.71 Å². The molecule has 5 heteroatoms. The van der Waals surface area contributed by atoms with Crippen LogP contribution in [0.2, 0.25) is 0 Å². The summed E-state index contributed by atoms with van der Waals surface area (Å²) in [6.45, 7) is 0. The van der Waals surface area contributed by atoms with Crippen LogP contribution in [0.3, 0.4) is 0 Å². The Hall–Kier alpha value is -2.30. The number of rotatable bonds is 2. The van der Waals surface area contributed by atoms with Crippen LogP contribution in [0, 0.1) is 0 Å². The van der Waals surface area contributed by atoms with E-state index in [2.05, 4.69) is 15.0 Å². The number of methoxy groups -OCH3 is 1. The van der Waals surface area contributed by atoms with Crippen LogP contribution in [0.15, 0.2) is 29.6 Å². The first-order chi connectivity index (χ1) is 8.28. The van der Waals surface area contributed by atoms with E-state index in [9.17, 15) is 4.79 Å². The zero-order valence-electron chi connectivity index (χ0n) is 9.19. The molecule has 86 valence electrons. The first-order valence-corrected chi connectivity index (χ1v) is 5.20. The fourth-order valence-corrected chi connectivity index (χ4v) is 1.92. The van der Waals surface area contributed by atoms with E-state index in [1.165, 1.54) is 0 Å². The van der Waals surface area contributed by atoms with Gasteiger partial charge in [-0.2, -0.15) is 0 Å². The number of aromatic nitrogens is 1. The van der Waals surface area contributed by atoms with Crippen LogP contribution in [0.25, 0.3) is 10.9 Å². The topological polar surface area (TPSA) is 63.7 Å². The zero-order valence-corrected chi connectivity index (χ0v) is 9.19. The SMILES string of the molecule is COc1ccc2[nH]cc(C3=NOC(=O)C3)c2c1. The minimum atomic E-state index is -0.322. The highest BCUT2D eigenvalue weighted by molar-refractivity contribution is 6.17. The summed E-state index contributed by atoms with van der Waals surface area (Å²) in [5.41, 5.74) is 2.50. The maximum Gasteiger partial charge on any atom is 0.341 e. The van der Waals surface area contributed by atoms with Gasteiger partial charge in [0.15, 0.2) is 0 Å². The molecule has 2 heterocycles. The second kappa shape index (κ2) is 3.62. The summed E-state index contributed by atoms with van der Waals surface area (Å²) in [7, 11) is 1.62. The van der Waals surface area contributed by atoms with Gasteiger partial charge in [-0.05, 0) is 18.2 Å². The number of nitrogens with one attached hydrogen (secondary N) is 1. The summed E-state index contributed by atoms with van der Waals surface area (Å²) >= 11 is 0. The van der Waals surface area contributed by atoms with E-state index < -0.39 is 0 Å². The maximum atomic E-state index is 11.0. The predicted octanol–water partition coefficient (Wildman–Crippen LogP) is 1.83. The van der Waals surface area contributed by atoms with Gasteiger partial charge in [0, 0.05) is 22.7 Å². The second-order valence-electron chi connectivity index (χ2n) is 3.79. The van der Waals surface area contributed by atoms with Gasteiger partial charge in [0.1, 0.15) is 11.5 Å². The van der Waals surface area contributed by atoms with Crippen molar-refractivity contribution >= 4 is 22.6 Å². The Morgan fingerprint density at radius 3 is 3.06 bits per heavy atom. The number of fused-ring (bicyclic) bond motifs is 1. The number of oxime groups is 1. The molecule has 0 amide bonds. The number of benzene rings is 1. The summed E-state index contributed by atoms with van der Waals surface area (Å²) < 4.78 is 5.18. The average molecular weight is 230 g/mol. The highest BCUT2D eigenvalue weighted by Gasteiger charge is 2.21. The lowest BCUT2D eigenvalue weighted by atomic mass is 10.1. The number of ether oxygens (including phenoxy) is 1. The predicted molar refractivity (Wildman–Crippen MR) is 62.1 cm³/mol. The van der Waals surface area contributed by atoms with Crippen molar-refractivity contribution in [3.05, 3.63) is 30.0 Å². The minimum Gasteiger partial charge on any atom is -0.497 e. The van der Waals surface area contributed by atoms with Crippen molar-refractivity contribution in [2.75, 3.05) is 7.11 Å². The van der Waals surface area contributed by atoms with E-state index in [0.717, 1.165) is 22.2 Å². The molecular weight excluding hydrogens is 220 g/mol. The molecule has 0 saturated carbocycles. The maximum absolute atomic E-state index is 11.0. The summed E-state index contributed by atoms with van der Waals surface area (Å²) in [5, 5.41) is 4.74. The Labute approximate surface area is 97.0 Å². The lowest BCUT2D eigenvalue weighted by Crippen LogP contribution is -1.99. The molecule has 0 fully saturated rings. The lowest BCUT2D eigenvalue weighted by molar-refractivity contribution is -0.140. The van der Waals surface area contributed by atoms with E-state index >= 15 is 0 Å². The van der Waals surface area contributed by atoms with E-state index in [1.54, 1.807) is 7.11 Å². The van der Waals surface area contributed by atoms with Crippen LogP contribution in [0.4, 0.5) is 0 Å². The van der Waals surface area contributed by atoms with Crippen molar-refractivity contribution in [2.24, 2.45) is 5.16 Å². The van der Waals surface area contributed by atoms with E-state index in [1.807, 2.05) is 24.4 Å². The molecular formula is C12H10N2O3. The second-order valence-corrected chi connectivity index (χ2v) is 3.79. The molecule has 0 spiro atoms. The van der Waals surface area contributed by atoms with Gasteiger partial charge in [0.05, 0.1) is 13.5 Å². The van der Waals surface area contributed by atoms with Gasteiger partial charge < -0.3 is 14.6 Å². The Bertz CT molecular complexity index is 628. The number of hydrogen-bond donors (Lipinski definition) is 1. The molecule has 0 bridgehead atoms. The molecule has 3 rings (SSSR count). The largest absolute Gasteiger partial charge is 0.497 e. The molecule has 0 saturated heterocycles. The smallest absolute Gasteiger partial charge is 0.341 e. The zero-order chi connectivity index (χ0) is 11.8. The van der Waals surface area contributed by atoms with Gasteiger partial charge in [-0.15, -0.1) is 0 Å². The number of aromatic amines is 1. The number of hydrogen-bond acceptors (Lipinski definition) is 4. The van der Waals surface area contributed by atoms with Crippen molar-refractivity contribution in [2.45, 2.75) is 6.42 Å². The van der Waals surface area contributed by atoms with Crippen molar-refractivity contribution < 1.29 is 14.4 Å². The molecule has 17 heavy (non-hydrogen) atoms. The van der Waals surface area contributed by atoms with Crippen molar-refractivity contribution in [1.82, 2.24) is 4.98 Å². The molecule has 0 aliphatic carbocycles.